The molecule has 0 aliphatic heterocycles. The molecule has 1 atom stereocenters. The lowest BCUT2D eigenvalue weighted by atomic mass is 9.84. The fraction of sp³-hybridized carbons (Fsp3) is 0.667. The molecule has 1 aliphatic rings. The Morgan fingerprint density at radius 1 is 1.15 bits per heavy atom. The van der Waals surface area contributed by atoms with Gasteiger partial charge in [0, 0.05) is 19.7 Å². The summed E-state index contributed by atoms with van der Waals surface area (Å²) in [4.78, 5) is 0. The van der Waals surface area contributed by atoms with E-state index in [4.69, 9.17) is 4.74 Å². The Morgan fingerprint density at radius 3 is 2.50 bits per heavy atom. The zero-order valence-corrected chi connectivity index (χ0v) is 13.0. The van der Waals surface area contributed by atoms with Gasteiger partial charge < -0.3 is 10.1 Å². The summed E-state index contributed by atoms with van der Waals surface area (Å²) < 4.78 is 5.06. The Balaban J connectivity index is 1.81. The van der Waals surface area contributed by atoms with Gasteiger partial charge in [0.2, 0.25) is 0 Å². The SMILES string of the molecule is COCCNC(C)Cc1ccc(C2CCCCC2)cc1. The standard InChI is InChI=1S/C18H29NO/c1-15(19-12-13-20-2)14-16-8-10-18(11-9-16)17-6-4-3-5-7-17/h8-11,15,17,19H,3-7,12-14H2,1-2H3. The third kappa shape index (κ3) is 4.92. The normalized spacial score (nSPS) is 18.1. The van der Waals surface area contributed by atoms with E-state index < -0.39 is 0 Å². The first-order chi connectivity index (χ1) is 9.79. The quantitative estimate of drug-likeness (QED) is 0.762. The molecule has 1 fully saturated rings. The van der Waals surface area contributed by atoms with Crippen LogP contribution >= 0.6 is 0 Å². The summed E-state index contributed by atoms with van der Waals surface area (Å²) in [6.07, 6.45) is 8.11. The molecule has 0 spiro atoms. The molecule has 1 N–H and O–H groups in total. The summed E-state index contributed by atoms with van der Waals surface area (Å²) in [5.74, 6) is 0.815. The average Bonchev–Trinajstić information content (AvgIpc) is 2.49. The maximum Gasteiger partial charge on any atom is 0.0587 e. The van der Waals surface area contributed by atoms with E-state index in [9.17, 15) is 0 Å². The molecule has 0 amide bonds. The van der Waals surface area contributed by atoms with Crippen molar-refractivity contribution in [3.8, 4) is 0 Å². The van der Waals surface area contributed by atoms with Crippen molar-refractivity contribution in [1.82, 2.24) is 5.32 Å². The van der Waals surface area contributed by atoms with E-state index in [1.807, 2.05) is 0 Å². The number of rotatable bonds is 7. The fourth-order valence-electron chi connectivity index (χ4n) is 3.19. The summed E-state index contributed by atoms with van der Waals surface area (Å²) >= 11 is 0. The monoisotopic (exact) mass is 275 g/mol. The van der Waals surface area contributed by atoms with E-state index >= 15 is 0 Å². The Bertz CT molecular complexity index is 368. The first kappa shape index (κ1) is 15.5. The van der Waals surface area contributed by atoms with Crippen molar-refractivity contribution in [2.45, 2.75) is 57.4 Å². The van der Waals surface area contributed by atoms with Crippen molar-refractivity contribution in [3.05, 3.63) is 35.4 Å². The van der Waals surface area contributed by atoms with Crippen molar-refractivity contribution >= 4 is 0 Å². The zero-order chi connectivity index (χ0) is 14.2. The number of benzene rings is 1. The number of nitrogens with one attached hydrogen (secondary N) is 1. The molecule has 0 bridgehead atoms. The molecule has 1 unspecified atom stereocenters. The zero-order valence-electron chi connectivity index (χ0n) is 13.0. The summed E-state index contributed by atoms with van der Waals surface area (Å²) in [5, 5.41) is 3.48. The fourth-order valence-corrected chi connectivity index (χ4v) is 3.19. The van der Waals surface area contributed by atoms with E-state index in [-0.39, 0.29) is 0 Å². The van der Waals surface area contributed by atoms with Gasteiger partial charge in [0.05, 0.1) is 6.61 Å². The molecule has 20 heavy (non-hydrogen) atoms. The summed E-state index contributed by atoms with van der Waals surface area (Å²) in [7, 11) is 1.75. The molecule has 2 heteroatoms. The lowest BCUT2D eigenvalue weighted by Crippen LogP contribution is -2.30. The van der Waals surface area contributed by atoms with E-state index in [2.05, 4.69) is 36.5 Å². The van der Waals surface area contributed by atoms with Crippen LogP contribution in [-0.4, -0.2) is 26.3 Å². The number of hydrogen-bond donors (Lipinski definition) is 1. The first-order valence-corrected chi connectivity index (χ1v) is 8.10. The van der Waals surface area contributed by atoms with Gasteiger partial charge in [-0.1, -0.05) is 43.5 Å². The van der Waals surface area contributed by atoms with Crippen LogP contribution in [0.25, 0.3) is 0 Å². The first-order valence-electron chi connectivity index (χ1n) is 8.10. The maximum atomic E-state index is 5.06. The van der Waals surface area contributed by atoms with Crippen LogP contribution in [0, 0.1) is 0 Å². The van der Waals surface area contributed by atoms with Crippen molar-refractivity contribution < 1.29 is 4.74 Å². The summed E-state index contributed by atoms with van der Waals surface area (Å²) in [6, 6.07) is 9.85. The van der Waals surface area contributed by atoms with Crippen molar-refractivity contribution in [2.24, 2.45) is 0 Å². The number of hydrogen-bond acceptors (Lipinski definition) is 2. The second-order valence-electron chi connectivity index (χ2n) is 6.13. The van der Waals surface area contributed by atoms with Gasteiger partial charge in [-0.3, -0.25) is 0 Å². The molecule has 1 aromatic rings. The molecule has 0 heterocycles. The van der Waals surface area contributed by atoms with Crippen molar-refractivity contribution in [3.63, 3.8) is 0 Å². The highest BCUT2D eigenvalue weighted by atomic mass is 16.5. The van der Waals surface area contributed by atoms with Gasteiger partial charge in [0.15, 0.2) is 0 Å². The second kappa shape index (κ2) is 8.43. The maximum absolute atomic E-state index is 5.06. The molecule has 2 nitrogen and oxygen atoms in total. The Kier molecular flexibility index (Phi) is 6.55. The third-order valence-corrected chi connectivity index (χ3v) is 4.40. The van der Waals surface area contributed by atoms with Gasteiger partial charge in [-0.25, -0.2) is 0 Å². The second-order valence-corrected chi connectivity index (χ2v) is 6.13. The molecule has 112 valence electrons. The lowest BCUT2D eigenvalue weighted by Gasteiger charge is -2.22. The van der Waals surface area contributed by atoms with Crippen LogP contribution in [0.3, 0.4) is 0 Å². The van der Waals surface area contributed by atoms with Crippen LogP contribution in [0.1, 0.15) is 56.1 Å². The van der Waals surface area contributed by atoms with Gasteiger partial charge in [-0.15, -0.1) is 0 Å². The molecular formula is C18H29NO. The molecule has 2 rings (SSSR count). The molecule has 1 aliphatic carbocycles. The minimum atomic E-state index is 0.505. The van der Waals surface area contributed by atoms with Gasteiger partial charge in [0.25, 0.3) is 0 Å². The van der Waals surface area contributed by atoms with Gasteiger partial charge >= 0.3 is 0 Å². The molecule has 1 saturated carbocycles. The molecule has 0 saturated heterocycles. The predicted molar refractivity (Wildman–Crippen MR) is 85.3 cm³/mol. The molecular weight excluding hydrogens is 246 g/mol. The minimum absolute atomic E-state index is 0.505. The molecule has 0 radical (unpaired) electrons. The van der Waals surface area contributed by atoms with Crippen molar-refractivity contribution in [2.75, 3.05) is 20.3 Å². The number of ether oxygens (including phenoxy) is 1. The molecule has 1 aromatic carbocycles. The van der Waals surface area contributed by atoms with Crippen LogP contribution < -0.4 is 5.32 Å². The van der Waals surface area contributed by atoms with E-state index in [1.54, 1.807) is 12.7 Å². The van der Waals surface area contributed by atoms with Crippen LogP contribution in [0.15, 0.2) is 24.3 Å². The van der Waals surface area contributed by atoms with E-state index in [0.29, 0.717) is 6.04 Å². The van der Waals surface area contributed by atoms with Crippen LogP contribution in [-0.2, 0) is 11.2 Å². The van der Waals surface area contributed by atoms with Crippen LogP contribution in [0.4, 0.5) is 0 Å². The topological polar surface area (TPSA) is 21.3 Å². The lowest BCUT2D eigenvalue weighted by molar-refractivity contribution is 0.196. The van der Waals surface area contributed by atoms with Gasteiger partial charge in [-0.05, 0) is 43.2 Å². The minimum Gasteiger partial charge on any atom is -0.383 e. The summed E-state index contributed by atoms with van der Waals surface area (Å²) in [5.41, 5.74) is 2.98. The molecule has 0 aromatic heterocycles. The summed E-state index contributed by atoms with van der Waals surface area (Å²) in [6.45, 7) is 3.95. The van der Waals surface area contributed by atoms with Crippen LogP contribution in [0.5, 0.6) is 0 Å². The Hall–Kier alpha value is -0.860. The smallest absolute Gasteiger partial charge is 0.0587 e. The van der Waals surface area contributed by atoms with Crippen LogP contribution in [0.2, 0.25) is 0 Å². The Labute approximate surface area is 123 Å². The third-order valence-electron chi connectivity index (χ3n) is 4.40. The highest BCUT2D eigenvalue weighted by Crippen LogP contribution is 2.32. The predicted octanol–water partition coefficient (Wildman–Crippen LogP) is 3.90. The highest BCUT2D eigenvalue weighted by Gasteiger charge is 2.15. The van der Waals surface area contributed by atoms with Crippen molar-refractivity contribution in [1.29, 1.82) is 0 Å². The van der Waals surface area contributed by atoms with Gasteiger partial charge in [-0.2, -0.15) is 0 Å². The number of methoxy groups -OCH3 is 1. The highest BCUT2D eigenvalue weighted by molar-refractivity contribution is 5.26. The average molecular weight is 275 g/mol. The Morgan fingerprint density at radius 2 is 1.85 bits per heavy atom. The largest absolute Gasteiger partial charge is 0.383 e. The van der Waals surface area contributed by atoms with E-state index in [1.165, 1.54) is 37.7 Å². The van der Waals surface area contributed by atoms with Gasteiger partial charge in [0.1, 0.15) is 0 Å². The van der Waals surface area contributed by atoms with E-state index in [0.717, 1.165) is 25.5 Å².